The second-order valence-electron chi connectivity index (χ2n) is 11.4. The zero-order chi connectivity index (χ0) is 29.3. The quantitative estimate of drug-likeness (QED) is 0.190. The summed E-state index contributed by atoms with van der Waals surface area (Å²) in [6.07, 6.45) is 9.09. The molecule has 0 spiro atoms. The third kappa shape index (κ3) is 4.71. The first-order chi connectivity index (χ1) is 21.8. The molecule has 0 bridgehead atoms. The average molecular weight is 565 g/mol. The molecule has 8 rings (SSSR count). The van der Waals surface area contributed by atoms with Crippen LogP contribution < -0.4 is 9.80 Å². The van der Waals surface area contributed by atoms with Gasteiger partial charge in [0.15, 0.2) is 0 Å². The zero-order valence-electron chi connectivity index (χ0n) is 24.4. The lowest BCUT2D eigenvalue weighted by molar-refractivity contribution is 0.865. The van der Waals surface area contributed by atoms with Crippen LogP contribution in [0.15, 0.2) is 170 Å². The number of rotatable bonds is 7. The summed E-state index contributed by atoms with van der Waals surface area (Å²) in [4.78, 5) is 4.86. The molecule has 2 aliphatic carbocycles. The lowest BCUT2D eigenvalue weighted by Crippen LogP contribution is -2.21. The van der Waals surface area contributed by atoms with Crippen molar-refractivity contribution < 1.29 is 0 Å². The van der Waals surface area contributed by atoms with Crippen molar-refractivity contribution in [2.24, 2.45) is 0 Å². The molecule has 2 nitrogen and oxygen atoms in total. The highest BCUT2D eigenvalue weighted by atomic mass is 15.2. The second kappa shape index (κ2) is 11.2. The smallest absolute Gasteiger partial charge is 0.0784 e. The standard InChI is InChI=1S/C42H32N2/c1-3-13-35(14-4-1)43(41-29-23-33-11-7-9-17-39(33)41)37-25-19-31(20-26-37)32-21-27-38(28-22-32)44(36-15-5-2-6-16-36)42-30-24-34-12-8-10-18-40(34)42/h1-30,41-42H. The molecular weight excluding hydrogens is 532 g/mol. The normalized spacial score (nSPS) is 16.0. The van der Waals surface area contributed by atoms with Gasteiger partial charge in [0, 0.05) is 22.7 Å². The van der Waals surface area contributed by atoms with E-state index < -0.39 is 0 Å². The van der Waals surface area contributed by atoms with Gasteiger partial charge in [-0.2, -0.15) is 0 Å². The van der Waals surface area contributed by atoms with Crippen molar-refractivity contribution >= 4 is 34.9 Å². The highest BCUT2D eigenvalue weighted by Gasteiger charge is 2.27. The molecule has 210 valence electrons. The van der Waals surface area contributed by atoms with E-state index in [2.05, 4.69) is 192 Å². The Balaban J connectivity index is 1.11. The van der Waals surface area contributed by atoms with E-state index in [-0.39, 0.29) is 12.1 Å². The van der Waals surface area contributed by atoms with E-state index in [1.807, 2.05) is 0 Å². The van der Waals surface area contributed by atoms with Gasteiger partial charge in [0.05, 0.1) is 12.1 Å². The number of benzene rings is 6. The van der Waals surface area contributed by atoms with Crippen molar-refractivity contribution in [2.75, 3.05) is 9.80 Å². The van der Waals surface area contributed by atoms with E-state index in [0.29, 0.717) is 0 Å². The van der Waals surface area contributed by atoms with Crippen molar-refractivity contribution in [1.82, 2.24) is 0 Å². The van der Waals surface area contributed by atoms with Crippen LogP contribution in [0.25, 0.3) is 23.3 Å². The Kier molecular flexibility index (Phi) is 6.66. The molecule has 0 heterocycles. The lowest BCUT2D eigenvalue weighted by atomic mass is 10.0. The first kappa shape index (κ1) is 26.1. The highest BCUT2D eigenvalue weighted by Crippen LogP contribution is 2.43. The number of anilines is 4. The first-order valence-corrected chi connectivity index (χ1v) is 15.3. The summed E-state index contributed by atoms with van der Waals surface area (Å²) < 4.78 is 0. The van der Waals surface area contributed by atoms with E-state index in [9.17, 15) is 0 Å². The van der Waals surface area contributed by atoms with Gasteiger partial charge in [0.1, 0.15) is 0 Å². The van der Waals surface area contributed by atoms with Gasteiger partial charge in [-0.05, 0) is 81.9 Å². The third-order valence-corrected chi connectivity index (χ3v) is 8.79. The van der Waals surface area contributed by atoms with E-state index in [1.165, 1.54) is 56.1 Å². The SMILES string of the molecule is C1=CC(N(c2ccccc2)c2ccc(-c3ccc(N(c4ccccc4)C4C=Cc5ccccc54)cc3)cc2)c2ccccc21. The summed E-state index contributed by atoms with van der Waals surface area (Å²) in [7, 11) is 0. The summed E-state index contributed by atoms with van der Waals surface area (Å²) in [5, 5.41) is 0. The number of hydrogen-bond acceptors (Lipinski definition) is 2. The number of nitrogens with zero attached hydrogens (tertiary/aromatic N) is 2. The van der Waals surface area contributed by atoms with Gasteiger partial charge in [-0.15, -0.1) is 0 Å². The Morgan fingerprint density at radius 1 is 0.318 bits per heavy atom. The minimum Gasteiger partial charge on any atom is -0.330 e. The van der Waals surface area contributed by atoms with E-state index >= 15 is 0 Å². The van der Waals surface area contributed by atoms with Gasteiger partial charge in [0.25, 0.3) is 0 Å². The molecule has 2 aliphatic rings. The van der Waals surface area contributed by atoms with Crippen molar-refractivity contribution in [2.45, 2.75) is 12.1 Å². The molecule has 6 aromatic carbocycles. The topological polar surface area (TPSA) is 6.48 Å². The Bertz CT molecular complexity index is 1810. The molecule has 0 saturated carbocycles. The summed E-state index contributed by atoms with van der Waals surface area (Å²) >= 11 is 0. The lowest BCUT2D eigenvalue weighted by Gasteiger charge is -2.32. The Labute approximate surface area is 259 Å². The van der Waals surface area contributed by atoms with E-state index in [4.69, 9.17) is 0 Å². The highest BCUT2D eigenvalue weighted by molar-refractivity contribution is 5.77. The largest absolute Gasteiger partial charge is 0.330 e. The fourth-order valence-electron chi connectivity index (χ4n) is 6.66. The van der Waals surface area contributed by atoms with Gasteiger partial charge in [-0.25, -0.2) is 0 Å². The number of para-hydroxylation sites is 2. The molecule has 0 fully saturated rings. The molecule has 0 aliphatic heterocycles. The van der Waals surface area contributed by atoms with Crippen LogP contribution in [-0.4, -0.2) is 0 Å². The summed E-state index contributed by atoms with van der Waals surface area (Å²) in [5.41, 5.74) is 12.3. The van der Waals surface area contributed by atoms with Crippen molar-refractivity contribution in [1.29, 1.82) is 0 Å². The molecule has 0 saturated heterocycles. The van der Waals surface area contributed by atoms with E-state index in [1.54, 1.807) is 0 Å². The fourth-order valence-corrected chi connectivity index (χ4v) is 6.66. The van der Waals surface area contributed by atoms with Crippen molar-refractivity contribution in [3.8, 4) is 11.1 Å². The van der Waals surface area contributed by atoms with Crippen LogP contribution in [0.4, 0.5) is 22.7 Å². The minimum atomic E-state index is 0.150. The summed E-state index contributed by atoms with van der Waals surface area (Å²) in [6.45, 7) is 0. The number of hydrogen-bond donors (Lipinski definition) is 0. The van der Waals surface area contributed by atoms with Crippen LogP contribution in [0, 0.1) is 0 Å². The fraction of sp³-hybridized carbons (Fsp3) is 0.0476. The van der Waals surface area contributed by atoms with Crippen molar-refractivity contribution in [3.63, 3.8) is 0 Å². The Morgan fingerprint density at radius 3 is 1.07 bits per heavy atom. The monoisotopic (exact) mass is 564 g/mol. The molecule has 44 heavy (non-hydrogen) atoms. The van der Waals surface area contributed by atoms with Gasteiger partial charge in [0.2, 0.25) is 0 Å². The Hall–Kier alpha value is -5.60. The molecule has 2 atom stereocenters. The Morgan fingerprint density at radius 2 is 0.659 bits per heavy atom. The van der Waals surface area contributed by atoms with Gasteiger partial charge in [-0.1, -0.05) is 133 Å². The predicted octanol–water partition coefficient (Wildman–Crippen LogP) is 11.2. The predicted molar refractivity (Wildman–Crippen MR) is 185 cm³/mol. The molecule has 6 aromatic rings. The van der Waals surface area contributed by atoms with Crippen molar-refractivity contribution in [3.05, 3.63) is 192 Å². The summed E-state index contributed by atoms with van der Waals surface area (Å²) in [5.74, 6) is 0. The van der Waals surface area contributed by atoms with Crippen LogP contribution >= 0.6 is 0 Å². The average Bonchev–Trinajstić information content (AvgIpc) is 3.72. The molecule has 0 aromatic heterocycles. The van der Waals surface area contributed by atoms with Crippen LogP contribution in [0.5, 0.6) is 0 Å². The maximum atomic E-state index is 2.43. The number of fused-ring (bicyclic) bond motifs is 2. The molecule has 0 amide bonds. The van der Waals surface area contributed by atoms with Crippen LogP contribution in [0.3, 0.4) is 0 Å². The van der Waals surface area contributed by atoms with E-state index in [0.717, 1.165) is 0 Å². The molecule has 0 radical (unpaired) electrons. The van der Waals surface area contributed by atoms with Crippen LogP contribution in [-0.2, 0) is 0 Å². The minimum absolute atomic E-state index is 0.150. The molecule has 2 heteroatoms. The summed E-state index contributed by atoms with van der Waals surface area (Å²) in [6, 6.07) is 57.0. The molecular formula is C42H32N2. The van der Waals surface area contributed by atoms with Crippen LogP contribution in [0.1, 0.15) is 34.3 Å². The third-order valence-electron chi connectivity index (χ3n) is 8.79. The maximum absolute atomic E-state index is 2.43. The van der Waals surface area contributed by atoms with Crippen LogP contribution in [0.2, 0.25) is 0 Å². The second-order valence-corrected chi connectivity index (χ2v) is 11.4. The zero-order valence-corrected chi connectivity index (χ0v) is 24.4. The van der Waals surface area contributed by atoms with Gasteiger partial charge in [-0.3, -0.25) is 0 Å². The molecule has 0 N–H and O–H groups in total. The maximum Gasteiger partial charge on any atom is 0.0784 e. The first-order valence-electron chi connectivity index (χ1n) is 15.3. The molecule has 2 unspecified atom stereocenters. The van der Waals surface area contributed by atoms with Gasteiger partial charge >= 0.3 is 0 Å². The van der Waals surface area contributed by atoms with Gasteiger partial charge < -0.3 is 9.80 Å².